The fourth-order valence-electron chi connectivity index (χ4n) is 4.48. The summed E-state index contributed by atoms with van der Waals surface area (Å²) in [6.07, 6.45) is 0. The van der Waals surface area contributed by atoms with Crippen molar-refractivity contribution in [1.29, 1.82) is 0 Å². The van der Waals surface area contributed by atoms with Crippen LogP contribution in [0.5, 0.6) is 0 Å². The molecular weight excluding hydrogens is 364 g/mol. The van der Waals surface area contributed by atoms with E-state index < -0.39 is 24.5 Å². The quantitative estimate of drug-likeness (QED) is 0.307. The van der Waals surface area contributed by atoms with Gasteiger partial charge >= 0.3 is 0 Å². The molecule has 0 bridgehead atoms. The first-order valence-electron chi connectivity index (χ1n) is 13.5. The molecule has 0 radical (unpaired) electrons. The Bertz CT molecular complexity index is 1440. The highest BCUT2D eigenvalue weighted by molar-refractivity contribution is 6.02. The Balaban J connectivity index is 2.38. The minimum Gasteiger partial charge on any atom is -0.229 e. The zero-order valence-electron chi connectivity index (χ0n) is 25.0. The van der Waals surface area contributed by atoms with Crippen LogP contribution in [0.15, 0.2) is 48.5 Å². The van der Waals surface area contributed by atoms with Gasteiger partial charge in [-0.25, -0.2) is 4.57 Å². The molecule has 0 aliphatic heterocycles. The molecule has 0 fully saturated rings. The molecule has 2 heteroatoms. The average Bonchev–Trinajstić information content (AvgIpc) is 3.04. The first-order valence-corrected chi connectivity index (χ1v) is 10.5. The second-order valence-corrected chi connectivity index (χ2v) is 10.3. The van der Waals surface area contributed by atoms with Gasteiger partial charge in [0.2, 0.25) is 0 Å². The molecule has 0 amide bonds. The predicted octanol–water partition coefficient (Wildman–Crippen LogP) is 6.82. The van der Waals surface area contributed by atoms with E-state index in [1.54, 1.807) is 12.1 Å². The SMILES string of the molecule is [2H]C([2H])([2H])c1cc(C(C)(C)C)cc(C([2H])([2H])[2H])c1-[n+]1c(C(C)(C)C)n(C)c2ccc3ccccc3c21. The van der Waals surface area contributed by atoms with Crippen molar-refractivity contribution in [3.05, 3.63) is 71.0 Å². The van der Waals surface area contributed by atoms with Gasteiger partial charge < -0.3 is 0 Å². The maximum absolute atomic E-state index is 8.50. The normalized spacial score (nSPS) is 16.6. The molecule has 0 N–H and O–H groups in total. The molecule has 156 valence electrons. The summed E-state index contributed by atoms with van der Waals surface area (Å²) in [7, 11) is 1.96. The molecule has 4 rings (SSSR count). The van der Waals surface area contributed by atoms with Crippen LogP contribution in [0.1, 0.15) is 72.3 Å². The standard InChI is InChI=1S/C28H35N2/c1-18-16-21(27(3,4)5)17-19(2)24(18)30-25-22-13-11-10-12-20(22)14-15-23(25)29(9)26(30)28(6,7)8/h10-17H,1-9H3/q+1/i1D3,2D3. The summed E-state index contributed by atoms with van der Waals surface area (Å²) < 4.78 is 55.0. The highest BCUT2D eigenvalue weighted by Gasteiger charge is 2.36. The third kappa shape index (κ3) is 3.14. The van der Waals surface area contributed by atoms with E-state index >= 15 is 0 Å². The van der Waals surface area contributed by atoms with Crippen LogP contribution in [0, 0.1) is 13.7 Å². The van der Waals surface area contributed by atoms with Crippen LogP contribution in [-0.4, -0.2) is 4.57 Å². The maximum Gasteiger partial charge on any atom is 0.267 e. The summed E-state index contributed by atoms with van der Waals surface area (Å²) in [6, 6.07) is 15.4. The summed E-state index contributed by atoms with van der Waals surface area (Å²) >= 11 is 0. The van der Waals surface area contributed by atoms with Gasteiger partial charge in [0.25, 0.3) is 5.82 Å². The predicted molar refractivity (Wildman–Crippen MR) is 129 cm³/mol. The van der Waals surface area contributed by atoms with Crippen molar-refractivity contribution in [2.24, 2.45) is 7.05 Å². The molecule has 1 heterocycles. The Morgan fingerprint density at radius 3 is 2.03 bits per heavy atom. The molecule has 30 heavy (non-hydrogen) atoms. The van der Waals surface area contributed by atoms with Crippen LogP contribution in [0.3, 0.4) is 0 Å². The van der Waals surface area contributed by atoms with Gasteiger partial charge in [0.05, 0.1) is 12.5 Å². The van der Waals surface area contributed by atoms with Gasteiger partial charge in [0, 0.05) is 13.6 Å². The Hall–Kier alpha value is -2.61. The van der Waals surface area contributed by atoms with Crippen molar-refractivity contribution in [3.8, 4) is 5.69 Å². The van der Waals surface area contributed by atoms with Gasteiger partial charge in [-0.2, -0.15) is 4.57 Å². The number of hydrogen-bond acceptors (Lipinski definition) is 0. The van der Waals surface area contributed by atoms with Crippen molar-refractivity contribution in [3.63, 3.8) is 0 Å². The van der Waals surface area contributed by atoms with Crippen LogP contribution in [0.4, 0.5) is 0 Å². The van der Waals surface area contributed by atoms with Gasteiger partial charge in [-0.05, 0) is 80.2 Å². The van der Waals surface area contributed by atoms with Crippen molar-refractivity contribution in [2.45, 2.75) is 66.1 Å². The number of nitrogens with zero attached hydrogens (tertiary/aromatic N) is 2. The van der Waals surface area contributed by atoms with Crippen molar-refractivity contribution in [2.75, 3.05) is 0 Å². The van der Waals surface area contributed by atoms with E-state index in [9.17, 15) is 0 Å². The average molecular weight is 406 g/mol. The topological polar surface area (TPSA) is 8.81 Å². The zero-order chi connectivity index (χ0) is 27.0. The van der Waals surface area contributed by atoms with Crippen LogP contribution in [-0.2, 0) is 17.9 Å². The zero-order valence-corrected chi connectivity index (χ0v) is 19.0. The lowest BCUT2D eigenvalue weighted by atomic mass is 9.84. The molecule has 0 aliphatic carbocycles. The van der Waals surface area contributed by atoms with E-state index in [4.69, 9.17) is 8.22 Å². The van der Waals surface area contributed by atoms with E-state index in [1.807, 2.05) is 68.8 Å². The van der Waals surface area contributed by atoms with Crippen LogP contribution in [0.2, 0.25) is 0 Å². The van der Waals surface area contributed by atoms with E-state index in [-0.39, 0.29) is 16.8 Å². The van der Waals surface area contributed by atoms with E-state index in [0.29, 0.717) is 5.56 Å². The van der Waals surface area contributed by atoms with E-state index in [1.165, 1.54) is 0 Å². The molecule has 0 atom stereocenters. The molecule has 2 nitrogen and oxygen atoms in total. The number of rotatable bonds is 1. The molecule has 0 aliphatic rings. The number of hydrogen-bond donors (Lipinski definition) is 0. The number of aryl methyl sites for hydroxylation is 3. The fraction of sp³-hybridized carbons (Fsp3) is 0.393. The van der Waals surface area contributed by atoms with Crippen LogP contribution >= 0.6 is 0 Å². The Morgan fingerprint density at radius 1 is 0.833 bits per heavy atom. The molecule has 0 spiro atoms. The van der Waals surface area contributed by atoms with Gasteiger partial charge in [0.15, 0.2) is 11.0 Å². The number of aromatic nitrogens is 2. The Morgan fingerprint density at radius 2 is 1.47 bits per heavy atom. The highest BCUT2D eigenvalue weighted by Crippen LogP contribution is 2.33. The molecule has 0 saturated carbocycles. The first-order chi connectivity index (χ1) is 16.3. The minimum atomic E-state index is -2.52. The number of fused-ring (bicyclic) bond motifs is 3. The van der Waals surface area contributed by atoms with Crippen molar-refractivity contribution >= 4 is 21.8 Å². The lowest BCUT2D eigenvalue weighted by molar-refractivity contribution is -0.582. The third-order valence-electron chi connectivity index (χ3n) is 5.86. The molecule has 0 unspecified atom stereocenters. The lowest BCUT2D eigenvalue weighted by Gasteiger charge is -2.23. The smallest absolute Gasteiger partial charge is 0.229 e. The summed E-state index contributed by atoms with van der Waals surface area (Å²) in [5, 5.41) is 1.94. The highest BCUT2D eigenvalue weighted by atomic mass is 15.2. The van der Waals surface area contributed by atoms with Crippen LogP contribution in [0.25, 0.3) is 27.5 Å². The number of imidazole rings is 1. The van der Waals surface area contributed by atoms with Gasteiger partial charge in [0.1, 0.15) is 5.69 Å². The third-order valence-corrected chi connectivity index (χ3v) is 5.86. The van der Waals surface area contributed by atoms with Gasteiger partial charge in [-0.3, -0.25) is 0 Å². The molecule has 1 aromatic heterocycles. The molecule has 0 saturated heterocycles. The second-order valence-electron chi connectivity index (χ2n) is 10.3. The molecule has 3 aromatic carbocycles. The summed E-state index contributed by atoms with van der Waals surface area (Å²) in [4.78, 5) is 0. The monoisotopic (exact) mass is 405 g/mol. The Labute approximate surface area is 189 Å². The summed E-state index contributed by atoms with van der Waals surface area (Å²) in [6.45, 7) is 7.04. The largest absolute Gasteiger partial charge is 0.267 e. The number of benzene rings is 3. The molecular formula is C28H35N2+. The van der Waals surface area contributed by atoms with Crippen molar-refractivity contribution in [1.82, 2.24) is 4.57 Å². The summed E-state index contributed by atoms with van der Waals surface area (Å²) in [5.74, 6) is 0.827. The fourth-order valence-corrected chi connectivity index (χ4v) is 4.48. The second kappa shape index (κ2) is 6.70. The van der Waals surface area contributed by atoms with E-state index in [0.717, 1.165) is 27.6 Å². The first kappa shape index (κ1) is 14.4. The van der Waals surface area contributed by atoms with E-state index in [2.05, 4.69) is 25.3 Å². The van der Waals surface area contributed by atoms with Crippen LogP contribution < -0.4 is 4.57 Å². The summed E-state index contributed by atoms with van der Waals surface area (Å²) in [5.41, 5.74) is 1.89. The Kier molecular flexibility index (Phi) is 3.22. The minimum absolute atomic E-state index is 0.0528. The van der Waals surface area contributed by atoms with Gasteiger partial charge in [-0.1, -0.05) is 51.1 Å². The lowest BCUT2D eigenvalue weighted by Crippen LogP contribution is -2.42. The van der Waals surface area contributed by atoms with Crippen molar-refractivity contribution < 1.29 is 12.8 Å². The van der Waals surface area contributed by atoms with Gasteiger partial charge in [-0.15, -0.1) is 0 Å². The molecule has 4 aromatic rings. The maximum atomic E-state index is 8.50.